The topological polar surface area (TPSA) is 159 Å². The molecule has 12 heteroatoms. The summed E-state index contributed by atoms with van der Waals surface area (Å²) < 4.78 is 12.4. The van der Waals surface area contributed by atoms with Crippen molar-refractivity contribution in [2.45, 2.75) is 36.8 Å². The summed E-state index contributed by atoms with van der Waals surface area (Å²) in [6, 6.07) is 0. The van der Waals surface area contributed by atoms with Crippen LogP contribution in [0.25, 0.3) is 0 Å². The molecule has 0 saturated carbocycles. The molecule has 5 unspecified atom stereocenters. The number of imidazole rings is 1. The summed E-state index contributed by atoms with van der Waals surface area (Å²) in [5.41, 5.74) is 6.71. The van der Waals surface area contributed by atoms with Crippen molar-refractivity contribution in [3.63, 3.8) is 0 Å². The van der Waals surface area contributed by atoms with E-state index in [0.717, 1.165) is 0 Å². The second kappa shape index (κ2) is 8.24. The molecule has 146 valence electrons. The zero-order chi connectivity index (χ0) is 18.8. The Bertz CT molecular complexity index is 645. The second-order valence-electron chi connectivity index (χ2n) is 6.11. The van der Waals surface area contributed by atoms with Crippen molar-refractivity contribution in [2.24, 2.45) is 10.7 Å². The quantitative estimate of drug-likeness (QED) is 0.322. The molecule has 1 saturated heterocycles. The first kappa shape index (κ1) is 19.6. The molecule has 3 rings (SSSR count). The van der Waals surface area contributed by atoms with Gasteiger partial charge in [0.2, 0.25) is 0 Å². The molecule has 26 heavy (non-hydrogen) atoms. The van der Waals surface area contributed by atoms with Gasteiger partial charge in [0.25, 0.3) is 0 Å². The van der Waals surface area contributed by atoms with Crippen LogP contribution in [-0.2, 0) is 9.47 Å². The van der Waals surface area contributed by atoms with Crippen molar-refractivity contribution in [3.05, 3.63) is 12.0 Å². The van der Waals surface area contributed by atoms with E-state index in [9.17, 15) is 20.4 Å². The van der Waals surface area contributed by atoms with Crippen molar-refractivity contribution >= 4 is 21.4 Å². The smallest absolute Gasteiger partial charge is 0.165 e. The van der Waals surface area contributed by atoms with Crippen LogP contribution in [0, 0.1) is 0 Å². The highest BCUT2D eigenvalue weighted by atomic mass is 31.0. The molecule has 2 aliphatic heterocycles. The third-order valence-corrected chi connectivity index (χ3v) is 4.69. The number of hydrogen-bond donors (Lipinski definition) is 5. The van der Waals surface area contributed by atoms with Gasteiger partial charge in [-0.25, -0.2) is 9.98 Å². The molecular formula is C14H24N5O6P. The minimum absolute atomic E-state index is 0.157. The Hall–Kier alpha value is -1.17. The lowest BCUT2D eigenvalue weighted by molar-refractivity contribution is -0.0520. The Kier molecular flexibility index (Phi) is 6.21. The molecule has 3 heterocycles. The monoisotopic (exact) mass is 389 g/mol. The van der Waals surface area contributed by atoms with E-state index in [-0.39, 0.29) is 6.61 Å². The maximum Gasteiger partial charge on any atom is 0.165 e. The van der Waals surface area contributed by atoms with Gasteiger partial charge in [0.15, 0.2) is 12.0 Å². The van der Waals surface area contributed by atoms with Crippen LogP contribution < -0.4 is 5.73 Å². The number of nitrogens with two attached hydrogens (primary N) is 1. The van der Waals surface area contributed by atoms with Gasteiger partial charge >= 0.3 is 0 Å². The third kappa shape index (κ3) is 3.49. The molecule has 1 aromatic rings. The van der Waals surface area contributed by atoms with E-state index in [4.69, 9.17) is 15.2 Å². The predicted octanol–water partition coefficient (Wildman–Crippen LogP) is -2.36. The fourth-order valence-corrected chi connectivity index (χ4v) is 3.33. The van der Waals surface area contributed by atoms with Gasteiger partial charge in [-0.05, 0) is 0 Å². The number of aromatic nitrogens is 2. The lowest BCUT2D eigenvalue weighted by Crippen LogP contribution is -2.42. The summed E-state index contributed by atoms with van der Waals surface area (Å²) in [4.78, 5) is 10.3. The van der Waals surface area contributed by atoms with Crippen molar-refractivity contribution < 1.29 is 29.9 Å². The zero-order valence-corrected chi connectivity index (χ0v) is 15.2. The van der Waals surface area contributed by atoms with Crippen LogP contribution in [0.2, 0.25) is 0 Å². The minimum atomic E-state index is -1.23. The molecule has 0 amide bonds. The van der Waals surface area contributed by atoms with Gasteiger partial charge in [0, 0.05) is 6.54 Å². The van der Waals surface area contributed by atoms with E-state index in [0.29, 0.717) is 24.4 Å². The first-order chi connectivity index (χ1) is 12.5. The molecule has 0 aliphatic carbocycles. The molecular weight excluding hydrogens is 365 g/mol. The largest absolute Gasteiger partial charge is 0.394 e. The highest BCUT2D eigenvalue weighted by Gasteiger charge is 2.44. The van der Waals surface area contributed by atoms with E-state index in [1.807, 2.05) is 0 Å². The Morgan fingerprint density at radius 2 is 2.12 bits per heavy atom. The fourth-order valence-electron chi connectivity index (χ4n) is 3.06. The number of ether oxygens (including phenoxy) is 2. The van der Waals surface area contributed by atoms with Gasteiger partial charge in [-0.15, -0.1) is 9.24 Å². The Morgan fingerprint density at radius 1 is 1.35 bits per heavy atom. The summed E-state index contributed by atoms with van der Waals surface area (Å²) >= 11 is 0. The van der Waals surface area contributed by atoms with E-state index in [1.165, 1.54) is 17.2 Å². The van der Waals surface area contributed by atoms with E-state index in [2.05, 4.69) is 19.2 Å². The maximum absolute atomic E-state index is 10.2. The Labute approximate surface area is 152 Å². The highest BCUT2D eigenvalue weighted by Crippen LogP contribution is 2.36. The highest BCUT2D eigenvalue weighted by molar-refractivity contribution is 7.16. The number of hydrogen-bond acceptors (Lipinski definition) is 10. The van der Waals surface area contributed by atoms with Crippen molar-refractivity contribution in [1.29, 1.82) is 0 Å². The minimum Gasteiger partial charge on any atom is -0.394 e. The number of aliphatic hydroxyl groups excluding tert-OH is 4. The molecule has 2 aliphatic rings. The number of aliphatic imine (C=N–C) groups is 1. The van der Waals surface area contributed by atoms with Gasteiger partial charge in [-0.1, -0.05) is 0 Å². The van der Waals surface area contributed by atoms with Gasteiger partial charge in [0.05, 0.1) is 38.3 Å². The number of fused-ring (bicyclic) bond motifs is 1. The van der Waals surface area contributed by atoms with E-state index >= 15 is 0 Å². The number of nitrogens with zero attached hydrogens (tertiary/aromatic N) is 4. The molecule has 11 nitrogen and oxygen atoms in total. The molecule has 1 aromatic heterocycles. The van der Waals surface area contributed by atoms with Crippen LogP contribution in [0.15, 0.2) is 11.3 Å². The molecule has 0 bridgehead atoms. The Balaban J connectivity index is 1.79. The fraction of sp³-hybridized carbons (Fsp3) is 0.714. The molecule has 1 fully saturated rings. The SMILES string of the molecule is NC1c2ncn([C@@H]3O[C@H](CO)C(O)C3O)c2N=CN1CC(CO)OCP. The van der Waals surface area contributed by atoms with Gasteiger partial charge < -0.3 is 40.5 Å². The average molecular weight is 389 g/mol. The van der Waals surface area contributed by atoms with Crippen LogP contribution in [0.3, 0.4) is 0 Å². The van der Waals surface area contributed by atoms with Gasteiger partial charge in [-0.2, -0.15) is 0 Å². The normalized spacial score (nSPS) is 32.1. The first-order valence-electron chi connectivity index (χ1n) is 8.19. The summed E-state index contributed by atoms with van der Waals surface area (Å²) in [5, 5.41) is 38.7. The second-order valence-corrected chi connectivity index (χ2v) is 6.45. The number of rotatable bonds is 7. The molecule has 7 atom stereocenters. The molecule has 0 spiro atoms. The standard InChI is InChI=1S/C14H24N5O6P/c15-12-9-13(17-4-18(12)1-7(2-20)24-6-26)19(5-16-9)14-11(23)10(22)8(3-21)25-14/h4-5,7-8,10-12,14,20-23H,1-3,6,15,26H2/t7?,8-,10?,11?,12?,14-/m1/s1. The maximum atomic E-state index is 10.2. The summed E-state index contributed by atoms with van der Waals surface area (Å²) in [6.45, 7) is -0.245. The van der Waals surface area contributed by atoms with Gasteiger partial charge in [0.1, 0.15) is 30.2 Å². The van der Waals surface area contributed by atoms with Crippen molar-refractivity contribution in [1.82, 2.24) is 14.5 Å². The molecule has 6 N–H and O–H groups in total. The lowest BCUT2D eigenvalue weighted by atomic mass is 10.1. The Morgan fingerprint density at radius 3 is 2.73 bits per heavy atom. The van der Waals surface area contributed by atoms with Crippen LogP contribution in [-0.4, -0.2) is 91.7 Å². The zero-order valence-electron chi connectivity index (χ0n) is 14.0. The summed E-state index contributed by atoms with van der Waals surface area (Å²) in [6.07, 6.45) is -1.98. The summed E-state index contributed by atoms with van der Waals surface area (Å²) in [7, 11) is 2.42. The lowest BCUT2D eigenvalue weighted by Gasteiger charge is -2.32. The average Bonchev–Trinajstić information content (AvgIpc) is 3.19. The number of aliphatic hydroxyl groups is 4. The van der Waals surface area contributed by atoms with Crippen molar-refractivity contribution in [3.8, 4) is 0 Å². The summed E-state index contributed by atoms with van der Waals surface area (Å²) in [5.74, 6) is 0.399. The van der Waals surface area contributed by atoms with Crippen LogP contribution in [0.5, 0.6) is 0 Å². The van der Waals surface area contributed by atoms with Crippen molar-refractivity contribution in [2.75, 3.05) is 26.1 Å². The van der Waals surface area contributed by atoms with E-state index < -0.39 is 43.4 Å². The van der Waals surface area contributed by atoms with Crippen LogP contribution >= 0.6 is 9.24 Å². The van der Waals surface area contributed by atoms with Crippen LogP contribution in [0.4, 0.5) is 5.82 Å². The van der Waals surface area contributed by atoms with E-state index in [1.54, 1.807) is 4.90 Å². The van der Waals surface area contributed by atoms with Gasteiger partial charge in [-0.3, -0.25) is 4.57 Å². The van der Waals surface area contributed by atoms with Crippen LogP contribution in [0.1, 0.15) is 18.1 Å². The molecule has 0 radical (unpaired) electrons. The third-order valence-electron chi connectivity index (χ3n) is 4.50. The first-order valence-corrected chi connectivity index (χ1v) is 9.00. The predicted molar refractivity (Wildman–Crippen MR) is 93.6 cm³/mol. The molecule has 0 aromatic carbocycles.